The summed E-state index contributed by atoms with van der Waals surface area (Å²) in [6.45, 7) is 3.79. The Kier molecular flexibility index (Phi) is 3.72. The molecule has 6 heteroatoms. The van der Waals surface area contributed by atoms with E-state index in [1.165, 1.54) is 18.2 Å². The molecule has 0 amide bonds. The monoisotopic (exact) mass is 334 g/mol. The molecular formula is C17H15FO4S. The highest BCUT2D eigenvalue weighted by Crippen LogP contribution is 2.40. The Balaban J connectivity index is 2.07. The molecule has 2 aromatic carbocycles. The number of rotatable bonds is 3. The summed E-state index contributed by atoms with van der Waals surface area (Å²) in [7, 11) is -4.20. The average Bonchev–Trinajstić information content (AvgIpc) is 2.78. The van der Waals surface area contributed by atoms with Crippen LogP contribution in [0.15, 0.2) is 41.3 Å². The summed E-state index contributed by atoms with van der Waals surface area (Å²) >= 11 is 0. The first-order chi connectivity index (χ1) is 10.8. The molecule has 0 N–H and O–H groups in total. The summed E-state index contributed by atoms with van der Waals surface area (Å²) in [5, 5.41) is 0. The number of benzene rings is 2. The van der Waals surface area contributed by atoms with Gasteiger partial charge in [-0.2, -0.15) is 8.42 Å². The van der Waals surface area contributed by atoms with Crippen molar-refractivity contribution in [3.63, 3.8) is 0 Å². The van der Waals surface area contributed by atoms with Crippen LogP contribution in [0.3, 0.4) is 0 Å². The second-order valence-electron chi connectivity index (χ2n) is 5.69. The molecule has 1 aliphatic carbocycles. The van der Waals surface area contributed by atoms with Crippen molar-refractivity contribution in [3.05, 3.63) is 58.9 Å². The summed E-state index contributed by atoms with van der Waals surface area (Å²) in [6, 6.07) is 7.77. The van der Waals surface area contributed by atoms with Crippen LogP contribution >= 0.6 is 0 Å². The largest absolute Gasteiger partial charge is 0.378 e. The number of Topliss-reactive ketones (excluding diaryl/α,β-unsaturated/α-hetero) is 1. The molecular weight excluding hydrogens is 319 g/mol. The average molecular weight is 334 g/mol. The summed E-state index contributed by atoms with van der Waals surface area (Å²) in [4.78, 5) is 11.9. The van der Waals surface area contributed by atoms with Gasteiger partial charge in [-0.3, -0.25) is 4.79 Å². The smallest absolute Gasteiger partial charge is 0.339 e. The highest BCUT2D eigenvalue weighted by molar-refractivity contribution is 7.87. The van der Waals surface area contributed by atoms with Crippen molar-refractivity contribution >= 4 is 15.9 Å². The molecule has 3 rings (SSSR count). The van der Waals surface area contributed by atoms with E-state index >= 15 is 0 Å². The van der Waals surface area contributed by atoms with Crippen LogP contribution in [0.2, 0.25) is 0 Å². The number of hydrogen-bond acceptors (Lipinski definition) is 4. The Morgan fingerprint density at radius 3 is 2.65 bits per heavy atom. The van der Waals surface area contributed by atoms with Crippen LogP contribution in [-0.4, -0.2) is 14.2 Å². The fraction of sp³-hybridized carbons (Fsp3) is 0.235. The van der Waals surface area contributed by atoms with Gasteiger partial charge in [-0.25, -0.2) is 4.39 Å². The number of fused-ring (bicyclic) bond motifs is 1. The van der Waals surface area contributed by atoms with Gasteiger partial charge in [0.05, 0.1) is 5.56 Å². The van der Waals surface area contributed by atoms with Gasteiger partial charge in [0.25, 0.3) is 0 Å². The van der Waals surface area contributed by atoms with E-state index in [1.807, 2.05) is 13.8 Å². The minimum atomic E-state index is -4.20. The normalized spacial score (nSPS) is 17.2. The maximum atomic E-state index is 13.2. The van der Waals surface area contributed by atoms with Gasteiger partial charge >= 0.3 is 10.1 Å². The summed E-state index contributed by atoms with van der Waals surface area (Å²) in [5.41, 5.74) is 2.06. The van der Waals surface area contributed by atoms with Gasteiger partial charge in [-0.05, 0) is 48.2 Å². The lowest BCUT2D eigenvalue weighted by molar-refractivity contribution is 0.0989. The van der Waals surface area contributed by atoms with Crippen molar-refractivity contribution in [3.8, 4) is 5.75 Å². The van der Waals surface area contributed by atoms with Gasteiger partial charge in [0.15, 0.2) is 11.5 Å². The van der Waals surface area contributed by atoms with Crippen LogP contribution in [-0.2, 0) is 10.1 Å². The molecule has 23 heavy (non-hydrogen) atoms. The van der Waals surface area contributed by atoms with Crippen LogP contribution in [0, 0.1) is 12.7 Å². The molecule has 0 bridgehead atoms. The fourth-order valence-electron chi connectivity index (χ4n) is 2.97. The maximum absolute atomic E-state index is 13.2. The summed E-state index contributed by atoms with van der Waals surface area (Å²) in [6.07, 6.45) is 0.330. The van der Waals surface area contributed by atoms with E-state index in [1.54, 1.807) is 6.07 Å². The van der Waals surface area contributed by atoms with E-state index in [4.69, 9.17) is 4.18 Å². The van der Waals surface area contributed by atoms with E-state index < -0.39 is 15.9 Å². The minimum Gasteiger partial charge on any atom is -0.378 e. The van der Waals surface area contributed by atoms with Crippen LogP contribution < -0.4 is 4.18 Å². The maximum Gasteiger partial charge on any atom is 0.339 e. The van der Waals surface area contributed by atoms with Gasteiger partial charge in [0.1, 0.15) is 10.7 Å². The highest BCUT2D eigenvalue weighted by atomic mass is 32.2. The molecule has 0 aromatic heterocycles. The topological polar surface area (TPSA) is 60.4 Å². The molecule has 1 unspecified atom stereocenters. The van der Waals surface area contributed by atoms with Crippen LogP contribution in [0.1, 0.15) is 40.7 Å². The van der Waals surface area contributed by atoms with Gasteiger partial charge < -0.3 is 4.18 Å². The second kappa shape index (κ2) is 5.45. The summed E-state index contributed by atoms with van der Waals surface area (Å²) < 4.78 is 43.0. The summed E-state index contributed by atoms with van der Waals surface area (Å²) in [5.74, 6) is -0.781. The molecule has 0 saturated heterocycles. The standard InChI is InChI=1S/C17H15FO4S/c1-10-6-7-15(17-14(19)8-11(2)16(10)17)22-23(20,21)13-5-3-4-12(18)9-13/h3-7,9,11H,8H2,1-2H3. The Morgan fingerprint density at radius 1 is 1.22 bits per heavy atom. The van der Waals surface area contributed by atoms with E-state index in [0.29, 0.717) is 12.0 Å². The van der Waals surface area contributed by atoms with E-state index in [0.717, 1.165) is 23.3 Å². The fourth-order valence-corrected chi connectivity index (χ4v) is 3.94. The zero-order valence-corrected chi connectivity index (χ0v) is 13.5. The molecule has 1 aliphatic rings. The first kappa shape index (κ1) is 15.7. The Bertz CT molecular complexity index is 903. The van der Waals surface area contributed by atoms with E-state index in [2.05, 4.69) is 0 Å². The molecule has 4 nitrogen and oxygen atoms in total. The predicted octanol–water partition coefficient (Wildman–Crippen LogP) is 3.59. The Morgan fingerprint density at radius 2 is 1.96 bits per heavy atom. The van der Waals surface area contributed by atoms with Crippen LogP contribution in [0.4, 0.5) is 4.39 Å². The molecule has 1 atom stereocenters. The number of carbonyl (C=O) groups is 1. The van der Waals surface area contributed by atoms with Gasteiger partial charge in [0, 0.05) is 6.42 Å². The molecule has 120 valence electrons. The molecule has 0 radical (unpaired) electrons. The van der Waals surface area contributed by atoms with Crippen molar-refractivity contribution < 1.29 is 21.8 Å². The van der Waals surface area contributed by atoms with Crippen molar-refractivity contribution in [2.45, 2.75) is 31.1 Å². The molecule has 0 heterocycles. The van der Waals surface area contributed by atoms with E-state index in [9.17, 15) is 17.6 Å². The third-order valence-electron chi connectivity index (χ3n) is 3.97. The number of halogens is 1. The van der Waals surface area contributed by atoms with Crippen molar-refractivity contribution in [1.29, 1.82) is 0 Å². The quantitative estimate of drug-likeness (QED) is 0.805. The first-order valence-electron chi connectivity index (χ1n) is 7.16. The van der Waals surface area contributed by atoms with Gasteiger partial charge in [0.2, 0.25) is 0 Å². The third-order valence-corrected chi connectivity index (χ3v) is 5.20. The number of aryl methyl sites for hydroxylation is 1. The predicted molar refractivity (Wildman–Crippen MR) is 82.8 cm³/mol. The Labute approximate surface area is 134 Å². The third kappa shape index (κ3) is 2.74. The molecule has 0 spiro atoms. The minimum absolute atomic E-state index is 0.00390. The molecule has 2 aromatic rings. The van der Waals surface area contributed by atoms with Gasteiger partial charge in [-0.15, -0.1) is 0 Å². The van der Waals surface area contributed by atoms with Crippen molar-refractivity contribution in [1.82, 2.24) is 0 Å². The van der Waals surface area contributed by atoms with Gasteiger partial charge in [-0.1, -0.05) is 19.1 Å². The lowest BCUT2D eigenvalue weighted by atomic mass is 9.98. The second-order valence-corrected chi connectivity index (χ2v) is 7.24. The SMILES string of the molecule is Cc1ccc(OS(=O)(=O)c2cccc(F)c2)c2c1C(C)CC2=O. The number of hydrogen-bond donors (Lipinski definition) is 0. The molecule has 0 fully saturated rings. The first-order valence-corrected chi connectivity index (χ1v) is 8.57. The lowest BCUT2D eigenvalue weighted by Gasteiger charge is -2.13. The zero-order chi connectivity index (χ0) is 16.8. The Hall–Kier alpha value is -2.21. The van der Waals surface area contributed by atoms with Crippen LogP contribution in [0.25, 0.3) is 0 Å². The van der Waals surface area contributed by atoms with Crippen LogP contribution in [0.5, 0.6) is 5.75 Å². The zero-order valence-electron chi connectivity index (χ0n) is 12.7. The molecule has 0 saturated carbocycles. The number of ketones is 1. The highest BCUT2D eigenvalue weighted by Gasteiger charge is 2.32. The lowest BCUT2D eigenvalue weighted by Crippen LogP contribution is -2.12. The number of carbonyl (C=O) groups excluding carboxylic acids is 1. The van der Waals surface area contributed by atoms with Crippen molar-refractivity contribution in [2.75, 3.05) is 0 Å². The van der Waals surface area contributed by atoms with E-state index in [-0.39, 0.29) is 22.3 Å². The van der Waals surface area contributed by atoms with Crippen molar-refractivity contribution in [2.24, 2.45) is 0 Å². The molecule has 0 aliphatic heterocycles.